The highest BCUT2D eigenvalue weighted by Gasteiger charge is 2.31. The first-order valence-electron chi connectivity index (χ1n) is 9.05. The molecule has 148 valence electrons. The molecule has 1 heterocycles. The van der Waals surface area contributed by atoms with Gasteiger partial charge in [0.05, 0.1) is 11.1 Å². The van der Waals surface area contributed by atoms with Crippen LogP contribution in [-0.2, 0) is 14.8 Å². The van der Waals surface area contributed by atoms with Crippen LogP contribution in [0.2, 0.25) is 0 Å². The van der Waals surface area contributed by atoms with E-state index in [1.54, 1.807) is 42.5 Å². The smallest absolute Gasteiger partial charge is 0.243 e. The van der Waals surface area contributed by atoms with Crippen LogP contribution in [0.15, 0.2) is 58.5 Å². The van der Waals surface area contributed by atoms with E-state index >= 15 is 0 Å². The fourth-order valence-corrected chi connectivity index (χ4v) is 4.54. The van der Waals surface area contributed by atoms with Gasteiger partial charge in [0.2, 0.25) is 15.9 Å². The van der Waals surface area contributed by atoms with Crippen LogP contribution in [0.25, 0.3) is 0 Å². The summed E-state index contributed by atoms with van der Waals surface area (Å²) in [7, 11) is -3.54. The van der Waals surface area contributed by atoms with E-state index in [1.807, 2.05) is 6.92 Å². The third-order valence-corrected chi connectivity index (χ3v) is 6.71. The SMILES string of the molecule is Cc1ccc(S(=O)(=O)N2CCC(C(=O)N/N=C\c3ccccc3O)CC2)cc1. The van der Waals surface area contributed by atoms with Crippen molar-refractivity contribution in [3.63, 3.8) is 0 Å². The zero-order chi connectivity index (χ0) is 20.1. The molecule has 1 fully saturated rings. The first-order valence-corrected chi connectivity index (χ1v) is 10.5. The summed E-state index contributed by atoms with van der Waals surface area (Å²) in [6.45, 7) is 2.48. The lowest BCUT2D eigenvalue weighted by Gasteiger charge is -2.30. The highest BCUT2D eigenvalue weighted by atomic mass is 32.2. The number of phenols is 1. The highest BCUT2D eigenvalue weighted by Crippen LogP contribution is 2.24. The number of amides is 1. The number of carbonyl (C=O) groups excluding carboxylic acids is 1. The predicted octanol–water partition coefficient (Wildman–Crippen LogP) is 2.25. The average Bonchev–Trinajstić information content (AvgIpc) is 2.70. The predicted molar refractivity (Wildman–Crippen MR) is 107 cm³/mol. The molecule has 0 radical (unpaired) electrons. The quantitative estimate of drug-likeness (QED) is 0.593. The van der Waals surface area contributed by atoms with Crippen molar-refractivity contribution in [2.45, 2.75) is 24.7 Å². The van der Waals surface area contributed by atoms with Crippen molar-refractivity contribution in [1.82, 2.24) is 9.73 Å². The molecule has 2 N–H and O–H groups in total. The molecule has 2 aromatic rings. The lowest BCUT2D eigenvalue weighted by molar-refractivity contribution is -0.126. The fourth-order valence-electron chi connectivity index (χ4n) is 3.07. The van der Waals surface area contributed by atoms with Gasteiger partial charge in [0.15, 0.2) is 0 Å². The average molecular weight is 401 g/mol. The van der Waals surface area contributed by atoms with Crippen LogP contribution >= 0.6 is 0 Å². The number of rotatable bonds is 5. The zero-order valence-corrected chi connectivity index (χ0v) is 16.4. The first-order chi connectivity index (χ1) is 13.4. The Bertz CT molecular complexity index is 963. The van der Waals surface area contributed by atoms with Gasteiger partial charge in [0, 0.05) is 24.6 Å². The minimum absolute atomic E-state index is 0.0788. The molecule has 2 aromatic carbocycles. The Morgan fingerprint density at radius 2 is 1.79 bits per heavy atom. The maximum Gasteiger partial charge on any atom is 0.243 e. The number of hydrazone groups is 1. The summed E-state index contributed by atoms with van der Waals surface area (Å²) in [5.74, 6) is -0.472. The number of sulfonamides is 1. The summed E-state index contributed by atoms with van der Waals surface area (Å²) in [5, 5.41) is 13.6. The number of aromatic hydroxyl groups is 1. The van der Waals surface area contributed by atoms with E-state index in [1.165, 1.54) is 16.6 Å². The molecule has 0 bridgehead atoms. The molecule has 3 rings (SSSR count). The van der Waals surface area contributed by atoms with E-state index in [0.717, 1.165) is 5.56 Å². The van der Waals surface area contributed by atoms with Gasteiger partial charge in [0.25, 0.3) is 0 Å². The van der Waals surface area contributed by atoms with Crippen molar-refractivity contribution >= 4 is 22.1 Å². The monoisotopic (exact) mass is 401 g/mol. The molecule has 8 heteroatoms. The highest BCUT2D eigenvalue weighted by molar-refractivity contribution is 7.89. The van der Waals surface area contributed by atoms with Crippen molar-refractivity contribution < 1.29 is 18.3 Å². The van der Waals surface area contributed by atoms with Gasteiger partial charge in [-0.15, -0.1) is 0 Å². The van der Waals surface area contributed by atoms with Crippen LogP contribution in [0.4, 0.5) is 0 Å². The maximum absolute atomic E-state index is 12.7. The molecule has 1 amide bonds. The van der Waals surface area contributed by atoms with Gasteiger partial charge in [-0.1, -0.05) is 29.8 Å². The molecule has 28 heavy (non-hydrogen) atoms. The number of hydrogen-bond donors (Lipinski definition) is 2. The lowest BCUT2D eigenvalue weighted by Crippen LogP contribution is -2.42. The van der Waals surface area contributed by atoms with Gasteiger partial charge in [-0.2, -0.15) is 9.41 Å². The number of nitrogens with one attached hydrogen (secondary N) is 1. The summed E-state index contributed by atoms with van der Waals surface area (Å²) >= 11 is 0. The molecule has 1 saturated heterocycles. The molecule has 7 nitrogen and oxygen atoms in total. The number of hydrogen-bond acceptors (Lipinski definition) is 5. The van der Waals surface area contributed by atoms with E-state index < -0.39 is 10.0 Å². The molecule has 1 aliphatic heterocycles. The van der Waals surface area contributed by atoms with Crippen molar-refractivity contribution in [1.29, 1.82) is 0 Å². The van der Waals surface area contributed by atoms with Gasteiger partial charge in [-0.05, 0) is 44.0 Å². The number of para-hydroxylation sites is 1. The van der Waals surface area contributed by atoms with Crippen LogP contribution in [0.5, 0.6) is 5.75 Å². The third kappa shape index (κ3) is 4.58. The van der Waals surface area contributed by atoms with Gasteiger partial charge < -0.3 is 5.11 Å². The Hall–Kier alpha value is -2.71. The molecule has 0 saturated carbocycles. The number of aryl methyl sites for hydroxylation is 1. The Kier molecular flexibility index (Phi) is 6.11. The van der Waals surface area contributed by atoms with Gasteiger partial charge in [-0.25, -0.2) is 13.8 Å². The summed E-state index contributed by atoms with van der Waals surface area (Å²) in [6.07, 6.45) is 2.25. The van der Waals surface area contributed by atoms with E-state index in [2.05, 4.69) is 10.5 Å². The minimum Gasteiger partial charge on any atom is -0.507 e. The van der Waals surface area contributed by atoms with Gasteiger partial charge >= 0.3 is 0 Å². The molecule has 0 aliphatic carbocycles. The summed E-state index contributed by atoms with van der Waals surface area (Å²) < 4.78 is 26.9. The second-order valence-corrected chi connectivity index (χ2v) is 8.72. The van der Waals surface area contributed by atoms with Crippen LogP contribution < -0.4 is 5.43 Å². The van der Waals surface area contributed by atoms with E-state index in [4.69, 9.17) is 0 Å². The molecule has 0 aromatic heterocycles. The van der Waals surface area contributed by atoms with Gasteiger partial charge in [0.1, 0.15) is 5.75 Å². The van der Waals surface area contributed by atoms with Crippen molar-refractivity contribution in [3.05, 3.63) is 59.7 Å². The Balaban J connectivity index is 1.55. The van der Waals surface area contributed by atoms with Crippen LogP contribution in [0, 0.1) is 12.8 Å². The number of carbonyl (C=O) groups is 1. The molecule has 1 aliphatic rings. The lowest BCUT2D eigenvalue weighted by atomic mass is 9.98. The van der Waals surface area contributed by atoms with Crippen molar-refractivity contribution in [3.8, 4) is 5.75 Å². The molecule has 0 atom stereocenters. The summed E-state index contributed by atoms with van der Waals surface area (Å²) in [4.78, 5) is 12.6. The second kappa shape index (κ2) is 8.53. The third-order valence-electron chi connectivity index (χ3n) is 4.80. The van der Waals surface area contributed by atoms with E-state index in [-0.39, 0.29) is 35.6 Å². The Labute approximate surface area is 164 Å². The second-order valence-electron chi connectivity index (χ2n) is 6.78. The molecular weight excluding hydrogens is 378 g/mol. The topological polar surface area (TPSA) is 99.1 Å². The van der Waals surface area contributed by atoms with Crippen LogP contribution in [-0.4, -0.2) is 43.0 Å². The van der Waals surface area contributed by atoms with Crippen molar-refractivity contribution in [2.24, 2.45) is 11.0 Å². The molecule has 0 spiro atoms. The van der Waals surface area contributed by atoms with Crippen molar-refractivity contribution in [2.75, 3.05) is 13.1 Å². The van der Waals surface area contributed by atoms with Crippen LogP contribution in [0.3, 0.4) is 0 Å². The molecular formula is C20H23N3O4S. The van der Waals surface area contributed by atoms with Gasteiger partial charge in [-0.3, -0.25) is 4.79 Å². The first kappa shape index (κ1) is 20.0. The number of benzene rings is 2. The maximum atomic E-state index is 12.7. The number of nitrogens with zero attached hydrogens (tertiary/aromatic N) is 2. The van der Waals surface area contributed by atoms with E-state index in [9.17, 15) is 18.3 Å². The Morgan fingerprint density at radius 3 is 2.43 bits per heavy atom. The molecule has 0 unspecified atom stereocenters. The standard InChI is InChI=1S/C20H23N3O4S/c1-15-6-8-18(9-7-15)28(26,27)23-12-10-16(11-13-23)20(25)22-21-14-17-4-2-3-5-19(17)24/h2-9,14,16,24H,10-13H2,1H3,(H,22,25)/b21-14-. The largest absolute Gasteiger partial charge is 0.507 e. The zero-order valence-electron chi connectivity index (χ0n) is 15.6. The fraction of sp³-hybridized carbons (Fsp3) is 0.300. The normalized spacial score (nSPS) is 16.3. The number of phenolic OH excluding ortho intramolecular Hbond substituents is 1. The summed E-state index contributed by atoms with van der Waals surface area (Å²) in [5.41, 5.74) is 3.97. The van der Waals surface area contributed by atoms with E-state index in [0.29, 0.717) is 18.4 Å². The minimum atomic E-state index is -3.54. The summed E-state index contributed by atoms with van der Waals surface area (Å²) in [6, 6.07) is 13.4. The Morgan fingerprint density at radius 1 is 1.14 bits per heavy atom. The van der Waals surface area contributed by atoms with Crippen LogP contribution in [0.1, 0.15) is 24.0 Å². The number of piperidine rings is 1.